The molecule has 2 aromatic carbocycles. The monoisotopic (exact) mass is 525 g/mol. The standard InChI is InChI=1S/C25H22F3N7O3/c26-15-4-6-19(28)17(9-15)24(36)30-10-14-8-13(3-5-18(14)27)21-20-22(29)31-12-32-23(20)35(33-21)16-2-1-7-34(11-16)25(37)38/h3-6,8-9,12,16H,1-2,7,10-11H2,(H,30,36)(H,37,38)(H2,29,31,32)/t16-/m1/s1. The van der Waals surface area contributed by atoms with Crippen LogP contribution in [0.1, 0.15) is 34.8 Å². The molecule has 196 valence electrons. The number of hydrogen-bond acceptors (Lipinski definition) is 6. The summed E-state index contributed by atoms with van der Waals surface area (Å²) < 4.78 is 43.7. The first-order chi connectivity index (χ1) is 18.2. The Morgan fingerprint density at radius 2 is 1.89 bits per heavy atom. The molecule has 10 nitrogen and oxygen atoms in total. The van der Waals surface area contributed by atoms with Crippen molar-refractivity contribution in [2.45, 2.75) is 25.4 Å². The van der Waals surface area contributed by atoms with Crippen molar-refractivity contribution in [2.75, 3.05) is 18.8 Å². The van der Waals surface area contributed by atoms with Crippen molar-refractivity contribution in [3.05, 3.63) is 71.3 Å². The van der Waals surface area contributed by atoms with Gasteiger partial charge in [0.25, 0.3) is 5.91 Å². The van der Waals surface area contributed by atoms with Crippen LogP contribution in [-0.4, -0.2) is 54.8 Å². The maximum atomic E-state index is 14.7. The maximum Gasteiger partial charge on any atom is 0.407 e. The van der Waals surface area contributed by atoms with Crippen LogP contribution in [-0.2, 0) is 6.54 Å². The lowest BCUT2D eigenvalue weighted by Crippen LogP contribution is -2.40. The summed E-state index contributed by atoms with van der Waals surface area (Å²) in [7, 11) is 0. The molecule has 5 rings (SSSR count). The fourth-order valence-corrected chi connectivity index (χ4v) is 4.58. The summed E-state index contributed by atoms with van der Waals surface area (Å²) in [5, 5.41) is 16.9. The number of fused-ring (bicyclic) bond motifs is 1. The fraction of sp³-hybridized carbons (Fsp3) is 0.240. The number of nitrogens with zero attached hydrogens (tertiary/aromatic N) is 5. The average molecular weight is 525 g/mol. The predicted octanol–water partition coefficient (Wildman–Crippen LogP) is 3.74. The summed E-state index contributed by atoms with van der Waals surface area (Å²) in [4.78, 5) is 33.6. The molecule has 1 aliphatic heterocycles. The van der Waals surface area contributed by atoms with Crippen LogP contribution < -0.4 is 11.1 Å². The van der Waals surface area contributed by atoms with Crippen LogP contribution in [0.4, 0.5) is 23.8 Å². The maximum absolute atomic E-state index is 14.7. The van der Waals surface area contributed by atoms with Gasteiger partial charge in [-0.25, -0.2) is 32.6 Å². The highest BCUT2D eigenvalue weighted by atomic mass is 19.1. The van der Waals surface area contributed by atoms with Crippen molar-refractivity contribution in [1.29, 1.82) is 0 Å². The van der Waals surface area contributed by atoms with E-state index in [9.17, 15) is 27.9 Å². The molecule has 0 saturated carbocycles. The van der Waals surface area contributed by atoms with Crippen molar-refractivity contribution in [1.82, 2.24) is 30.0 Å². The molecule has 4 N–H and O–H groups in total. The number of nitrogen functional groups attached to an aromatic ring is 1. The minimum Gasteiger partial charge on any atom is -0.465 e. The first kappa shape index (κ1) is 25.0. The number of carbonyl (C=O) groups is 2. The van der Waals surface area contributed by atoms with Gasteiger partial charge in [0.05, 0.1) is 17.0 Å². The van der Waals surface area contributed by atoms with Crippen molar-refractivity contribution in [3.63, 3.8) is 0 Å². The Balaban J connectivity index is 1.48. The quantitative estimate of drug-likeness (QED) is 0.361. The average Bonchev–Trinajstić information content (AvgIpc) is 3.30. The van der Waals surface area contributed by atoms with Crippen LogP contribution in [0.5, 0.6) is 0 Å². The predicted molar refractivity (Wildman–Crippen MR) is 131 cm³/mol. The van der Waals surface area contributed by atoms with Gasteiger partial charge in [0, 0.05) is 30.8 Å². The van der Waals surface area contributed by atoms with E-state index in [-0.39, 0.29) is 30.5 Å². The smallest absolute Gasteiger partial charge is 0.407 e. The Morgan fingerprint density at radius 1 is 1.11 bits per heavy atom. The topological polar surface area (TPSA) is 139 Å². The third-order valence-corrected chi connectivity index (χ3v) is 6.46. The Morgan fingerprint density at radius 3 is 2.68 bits per heavy atom. The van der Waals surface area contributed by atoms with Gasteiger partial charge in [0.15, 0.2) is 5.65 Å². The van der Waals surface area contributed by atoms with Gasteiger partial charge >= 0.3 is 6.09 Å². The third kappa shape index (κ3) is 4.69. The molecule has 38 heavy (non-hydrogen) atoms. The number of nitrogens with two attached hydrogens (primary N) is 1. The SMILES string of the molecule is Nc1ncnc2c1c(-c1ccc(F)c(CNC(=O)c3cc(F)ccc3F)c1)nn2[C@@H]1CCCN(C(=O)O)C1. The van der Waals surface area contributed by atoms with Crippen LogP contribution >= 0.6 is 0 Å². The Hall–Kier alpha value is -4.68. The van der Waals surface area contributed by atoms with Gasteiger partial charge in [-0.15, -0.1) is 0 Å². The van der Waals surface area contributed by atoms with E-state index >= 15 is 0 Å². The first-order valence-corrected chi connectivity index (χ1v) is 11.7. The molecular formula is C25H22F3N7O3. The van der Waals surface area contributed by atoms with E-state index in [0.717, 1.165) is 18.2 Å². The Bertz CT molecular complexity index is 1560. The number of aromatic nitrogens is 4. The van der Waals surface area contributed by atoms with Gasteiger partial charge in [-0.05, 0) is 49.2 Å². The molecule has 1 atom stereocenters. The number of carbonyl (C=O) groups excluding carboxylic acids is 1. The lowest BCUT2D eigenvalue weighted by atomic mass is 10.0. The molecule has 0 bridgehead atoms. The lowest BCUT2D eigenvalue weighted by molar-refractivity contribution is 0.0945. The zero-order valence-corrected chi connectivity index (χ0v) is 19.9. The molecular weight excluding hydrogens is 503 g/mol. The zero-order chi connectivity index (χ0) is 27.0. The second kappa shape index (κ2) is 10.00. The number of amides is 2. The Kier molecular flexibility index (Phi) is 6.57. The number of carboxylic acid groups (broad SMARTS) is 1. The van der Waals surface area contributed by atoms with Crippen LogP contribution in [0.2, 0.25) is 0 Å². The molecule has 2 amide bonds. The number of nitrogens with one attached hydrogen (secondary N) is 1. The number of piperidine rings is 1. The van der Waals surface area contributed by atoms with Gasteiger partial charge in [-0.1, -0.05) is 0 Å². The highest BCUT2D eigenvalue weighted by Gasteiger charge is 2.28. The Labute approximate surface area is 213 Å². The summed E-state index contributed by atoms with van der Waals surface area (Å²) in [5.41, 5.74) is 6.94. The van der Waals surface area contributed by atoms with Crippen molar-refractivity contribution in [2.24, 2.45) is 0 Å². The summed E-state index contributed by atoms with van der Waals surface area (Å²) in [5.74, 6) is -3.08. The molecule has 4 aromatic rings. The normalized spacial score (nSPS) is 15.6. The van der Waals surface area contributed by atoms with Gasteiger partial charge in [-0.3, -0.25) is 4.79 Å². The number of rotatable bonds is 5. The second-order valence-corrected chi connectivity index (χ2v) is 8.89. The van der Waals surface area contributed by atoms with Gasteiger partial charge < -0.3 is 21.1 Å². The number of benzene rings is 2. The van der Waals surface area contributed by atoms with Gasteiger partial charge in [0.2, 0.25) is 0 Å². The molecule has 2 aromatic heterocycles. The van der Waals surface area contributed by atoms with E-state index < -0.39 is 35.0 Å². The minimum atomic E-state index is -1.02. The summed E-state index contributed by atoms with van der Waals surface area (Å²) >= 11 is 0. The third-order valence-electron chi connectivity index (χ3n) is 6.46. The van der Waals surface area contributed by atoms with Gasteiger partial charge in [0.1, 0.15) is 35.3 Å². The molecule has 0 radical (unpaired) electrons. The van der Waals surface area contributed by atoms with Crippen LogP contribution in [0.15, 0.2) is 42.7 Å². The van der Waals surface area contributed by atoms with E-state index in [1.807, 2.05) is 0 Å². The molecule has 1 saturated heterocycles. The highest BCUT2D eigenvalue weighted by molar-refractivity contribution is 5.98. The molecule has 13 heteroatoms. The molecule has 1 fully saturated rings. The van der Waals surface area contributed by atoms with Crippen molar-refractivity contribution >= 4 is 28.9 Å². The van der Waals surface area contributed by atoms with Crippen LogP contribution in [0, 0.1) is 17.5 Å². The van der Waals surface area contributed by atoms with Crippen LogP contribution in [0.3, 0.4) is 0 Å². The fourth-order valence-electron chi connectivity index (χ4n) is 4.58. The minimum absolute atomic E-state index is 0.0699. The molecule has 0 spiro atoms. The van der Waals surface area contributed by atoms with E-state index in [1.54, 1.807) is 4.68 Å². The highest BCUT2D eigenvalue weighted by Crippen LogP contribution is 2.34. The largest absolute Gasteiger partial charge is 0.465 e. The van der Waals surface area contributed by atoms with E-state index in [2.05, 4.69) is 20.4 Å². The summed E-state index contributed by atoms with van der Waals surface area (Å²) in [6.45, 7) is 0.323. The second-order valence-electron chi connectivity index (χ2n) is 8.89. The summed E-state index contributed by atoms with van der Waals surface area (Å²) in [6.07, 6.45) is 1.57. The van der Waals surface area contributed by atoms with E-state index in [0.29, 0.717) is 41.7 Å². The first-order valence-electron chi connectivity index (χ1n) is 11.7. The van der Waals surface area contributed by atoms with Crippen molar-refractivity contribution in [3.8, 4) is 11.3 Å². The number of anilines is 1. The molecule has 0 aliphatic carbocycles. The van der Waals surface area contributed by atoms with E-state index in [4.69, 9.17) is 5.73 Å². The number of halogens is 3. The van der Waals surface area contributed by atoms with Crippen LogP contribution in [0.25, 0.3) is 22.3 Å². The number of hydrogen-bond donors (Lipinski definition) is 3. The molecule has 0 unspecified atom stereocenters. The van der Waals surface area contributed by atoms with E-state index in [1.165, 1.54) is 29.4 Å². The van der Waals surface area contributed by atoms with Gasteiger partial charge in [-0.2, -0.15) is 5.10 Å². The zero-order valence-electron chi connectivity index (χ0n) is 19.9. The molecule has 3 heterocycles. The number of likely N-dealkylation sites (tertiary alicyclic amines) is 1. The lowest BCUT2D eigenvalue weighted by Gasteiger charge is -2.30. The van der Waals surface area contributed by atoms with Crippen molar-refractivity contribution < 1.29 is 27.9 Å². The summed E-state index contributed by atoms with van der Waals surface area (Å²) in [6, 6.07) is 6.32. The molecule has 1 aliphatic rings.